The van der Waals surface area contributed by atoms with Crippen LogP contribution in [0, 0.1) is 60.8 Å². The lowest BCUT2D eigenvalue weighted by molar-refractivity contribution is 0.469. The van der Waals surface area contributed by atoms with Gasteiger partial charge >= 0.3 is 0 Å². The first-order chi connectivity index (χ1) is 58.1. The lowest BCUT2D eigenvalue weighted by atomic mass is 9.70. The smallest absolute Gasteiger partial charge is 0.0725 e. The molecule has 0 amide bonds. The van der Waals surface area contributed by atoms with Gasteiger partial charge in [-0.05, 0) is 194 Å². The average Bonchev–Trinajstić information content (AvgIpc) is 1.51. The topological polar surface area (TPSA) is 0 Å². The highest BCUT2D eigenvalue weighted by molar-refractivity contribution is 5.95. The van der Waals surface area contributed by atoms with E-state index < -0.39 is 0 Å². The van der Waals surface area contributed by atoms with Gasteiger partial charge in [0, 0.05) is 5.41 Å². The van der Waals surface area contributed by atoms with E-state index in [0.29, 0.717) is 5.41 Å². The molecule has 0 aliphatic heterocycles. The molecule has 0 heteroatoms. The van der Waals surface area contributed by atoms with Crippen LogP contribution in [0.5, 0.6) is 0 Å². The molecule has 0 aromatic heterocycles. The van der Waals surface area contributed by atoms with Gasteiger partial charge < -0.3 is 0 Å². The van der Waals surface area contributed by atoms with E-state index >= 15 is 0 Å². The maximum atomic E-state index is 2.40. The number of benzene rings is 17. The fourth-order valence-corrected chi connectivity index (χ4v) is 15.6. The molecule has 0 saturated heterocycles. The summed E-state index contributed by atoms with van der Waals surface area (Å²) in [5, 5.41) is 5.33. The predicted octanol–water partition coefficient (Wildman–Crippen LogP) is 35.0. The minimum absolute atomic E-state index is 0. The second-order valence-corrected chi connectivity index (χ2v) is 33.3. The van der Waals surface area contributed by atoms with Crippen molar-refractivity contribution in [3.05, 3.63) is 490 Å². The molecule has 0 bridgehead atoms. The Kier molecular flexibility index (Phi) is 34.2. The van der Waals surface area contributed by atoms with Gasteiger partial charge in [-0.2, -0.15) is 0 Å². The zero-order valence-electron chi connectivity index (χ0n) is 74.5. The molecule has 3 aliphatic carbocycles. The predicted molar refractivity (Wildman–Crippen MR) is 534 cm³/mol. The number of rotatable bonds is 3. The summed E-state index contributed by atoms with van der Waals surface area (Å²) in [6, 6.07) is 146. The molecule has 612 valence electrons. The van der Waals surface area contributed by atoms with Crippen molar-refractivity contribution >= 4 is 21.5 Å². The zero-order chi connectivity index (χ0) is 85.6. The second kappa shape index (κ2) is 44.9. The highest BCUT2D eigenvalue weighted by Crippen LogP contribution is 2.63. The molecule has 0 unspecified atom stereocenters. The molecule has 20 rings (SSSR count). The molecular formula is C121H128. The lowest BCUT2D eigenvalue weighted by Crippen LogP contribution is -2.25. The van der Waals surface area contributed by atoms with E-state index in [2.05, 4.69) is 487 Å². The Morgan fingerprint density at radius 3 is 0.992 bits per heavy atom. The summed E-state index contributed by atoms with van der Waals surface area (Å²) in [6.45, 7) is 38.7. The molecule has 0 N–H and O–H groups in total. The minimum Gasteiger partial charge on any atom is -0.0776 e. The number of hydrogen-bond donors (Lipinski definition) is 0. The Morgan fingerprint density at radius 1 is 0.215 bits per heavy atom. The number of aryl methyl sites for hydroxylation is 8. The Morgan fingerprint density at radius 2 is 0.512 bits per heavy atom. The summed E-state index contributed by atoms with van der Waals surface area (Å²) in [6.07, 6.45) is 1.25. The van der Waals surface area contributed by atoms with Crippen molar-refractivity contribution in [2.75, 3.05) is 0 Å². The van der Waals surface area contributed by atoms with Crippen molar-refractivity contribution in [3.8, 4) is 66.8 Å². The summed E-state index contributed by atoms with van der Waals surface area (Å²) >= 11 is 0. The maximum absolute atomic E-state index is 2.40. The second-order valence-electron chi connectivity index (χ2n) is 33.3. The summed E-state index contributed by atoms with van der Waals surface area (Å²) in [7, 11) is 0. The summed E-state index contributed by atoms with van der Waals surface area (Å²) < 4.78 is 0. The molecule has 3 aliphatic rings. The third-order valence-electron chi connectivity index (χ3n) is 21.3. The van der Waals surface area contributed by atoms with Crippen molar-refractivity contribution < 1.29 is 0 Å². The number of hydrogen-bond acceptors (Lipinski definition) is 0. The van der Waals surface area contributed by atoms with Crippen LogP contribution in [0.4, 0.5) is 0 Å². The van der Waals surface area contributed by atoms with E-state index in [4.69, 9.17) is 0 Å². The van der Waals surface area contributed by atoms with Crippen molar-refractivity contribution in [2.24, 2.45) is 5.41 Å². The van der Waals surface area contributed by atoms with Crippen LogP contribution in [0.15, 0.2) is 413 Å². The van der Waals surface area contributed by atoms with Gasteiger partial charge in [0.15, 0.2) is 0 Å². The Labute approximate surface area is 728 Å². The third-order valence-corrected chi connectivity index (χ3v) is 21.3. The molecule has 121 heavy (non-hydrogen) atoms. The molecule has 0 nitrogen and oxygen atoms in total. The Bertz CT molecular complexity index is 5930. The first-order valence-electron chi connectivity index (χ1n) is 42.9. The van der Waals surface area contributed by atoms with Crippen molar-refractivity contribution in [2.45, 2.75) is 149 Å². The van der Waals surface area contributed by atoms with Crippen LogP contribution < -0.4 is 0 Å². The summed E-state index contributed by atoms with van der Waals surface area (Å²) in [5.41, 5.74) is 35.7. The largest absolute Gasteiger partial charge is 0.0776 e. The molecule has 0 heterocycles. The molecular weight excluding hydrogens is 1450 g/mol. The SMILES string of the molecule is C.CC.CC(C)(C)C.CCC.Cc1ccc(-c2ccccc2)cc1.Cc1ccc2c(c1)C(C)(C)c1ccccc1-2.Cc1ccc2c(c1)C1(c3ccccc3-c3ccccc31)c1ccccc1-2.Cc1ccc2ccccc2c1.Cc1cccc(-c2ccccc2)c1.Cc1cccc2ccccc12.Cc1ccccc1.Cc1ccccc1-c1ccccc1. The molecule has 0 fully saturated rings. The normalized spacial score (nSPS) is 11.5. The van der Waals surface area contributed by atoms with Crippen LogP contribution in [0.1, 0.15) is 161 Å². The van der Waals surface area contributed by atoms with Gasteiger partial charge in [0.1, 0.15) is 0 Å². The summed E-state index contributed by atoms with van der Waals surface area (Å²) in [4.78, 5) is 0. The van der Waals surface area contributed by atoms with Crippen LogP contribution in [-0.4, -0.2) is 0 Å². The molecule has 0 saturated carbocycles. The average molecular weight is 1580 g/mol. The van der Waals surface area contributed by atoms with E-state index in [1.54, 1.807) is 0 Å². The van der Waals surface area contributed by atoms with Gasteiger partial charge in [0.2, 0.25) is 0 Å². The van der Waals surface area contributed by atoms with Gasteiger partial charge in [0.05, 0.1) is 5.41 Å². The highest BCUT2D eigenvalue weighted by atomic mass is 14.5. The van der Waals surface area contributed by atoms with Crippen LogP contribution >= 0.6 is 0 Å². The monoisotopic (exact) mass is 1580 g/mol. The first kappa shape index (κ1) is 92.1. The van der Waals surface area contributed by atoms with Gasteiger partial charge in [-0.3, -0.25) is 0 Å². The standard InChI is InChI=1S/C26H18.C16H16.3C13H12.2C11H10.C7H8.C5H12.C3H8.C2H6.CH4/c1-17-14-15-21-20-10-4-7-13-24(20)26(25(21)16-17)22-11-5-2-8-18(22)19-9-3-6-12-23(19)26;1-11-8-9-13-12-6-4-5-7-14(12)16(2,3)15(13)10-11;1-11-7-5-6-10-13(11)12-8-3-2-4-9-12;1-11-6-5-9-13(10-11)12-7-3-2-4-8-12;1-11-7-9-13(10-8-11)12-5-3-2-4-6-12;1-9-5-4-7-10-6-2-3-8-11(9)10;1-9-6-7-10-4-2-3-5-11(10)8-9;1-7-5-3-2-4-6-7;1-5(2,3)4;1-3-2;1-2;/h2-16H,1H3;4-10H,1-3H3;3*2-10H,1H3;2*2-8H,1H3;2-6H,1H3;1-4H3;3H2,1-2H3;1-2H3;1H4. The highest BCUT2D eigenvalue weighted by Gasteiger charge is 2.51. The third kappa shape index (κ3) is 24.3. The van der Waals surface area contributed by atoms with Crippen LogP contribution in [0.2, 0.25) is 0 Å². The van der Waals surface area contributed by atoms with Gasteiger partial charge in [0.25, 0.3) is 0 Å². The molecule has 0 atom stereocenters. The summed E-state index contributed by atoms with van der Waals surface area (Å²) in [5.74, 6) is 0. The Hall–Kier alpha value is -12.7. The first-order valence-corrected chi connectivity index (χ1v) is 42.9. The van der Waals surface area contributed by atoms with Crippen LogP contribution in [0.3, 0.4) is 0 Å². The van der Waals surface area contributed by atoms with E-state index in [1.807, 2.05) is 50.2 Å². The van der Waals surface area contributed by atoms with E-state index in [9.17, 15) is 0 Å². The minimum atomic E-state index is -0.189. The quantitative estimate of drug-likeness (QED) is 0.165. The number of fused-ring (bicyclic) bond motifs is 15. The van der Waals surface area contributed by atoms with Crippen molar-refractivity contribution in [3.63, 3.8) is 0 Å². The lowest BCUT2D eigenvalue weighted by Gasteiger charge is -2.30. The van der Waals surface area contributed by atoms with Crippen molar-refractivity contribution in [1.29, 1.82) is 0 Å². The maximum Gasteiger partial charge on any atom is 0.0725 e. The van der Waals surface area contributed by atoms with Crippen molar-refractivity contribution in [1.82, 2.24) is 0 Å². The van der Waals surface area contributed by atoms with E-state index in [-0.39, 0.29) is 18.3 Å². The van der Waals surface area contributed by atoms with Gasteiger partial charge in [-0.15, -0.1) is 0 Å². The van der Waals surface area contributed by atoms with Gasteiger partial charge in [-0.25, -0.2) is 0 Å². The fraction of sp³-hybridized carbons (Fsp3) is 0.190. The Balaban J connectivity index is 0.000000158. The molecule has 17 aromatic rings. The van der Waals surface area contributed by atoms with E-state index in [1.165, 1.54) is 173 Å². The van der Waals surface area contributed by atoms with Crippen LogP contribution in [-0.2, 0) is 10.8 Å². The molecule has 1 spiro atoms. The molecule has 17 aromatic carbocycles. The van der Waals surface area contributed by atoms with E-state index in [0.717, 1.165) is 0 Å². The van der Waals surface area contributed by atoms with Crippen LogP contribution in [0.25, 0.3) is 88.3 Å². The zero-order valence-corrected chi connectivity index (χ0v) is 74.5. The fourth-order valence-electron chi connectivity index (χ4n) is 15.6. The molecule has 0 radical (unpaired) electrons. The van der Waals surface area contributed by atoms with Gasteiger partial charge in [-0.1, -0.05) is 529 Å².